The molecule has 1 N–H and O–H groups in total. The fourth-order valence-electron chi connectivity index (χ4n) is 0.771. The van der Waals surface area contributed by atoms with Crippen molar-refractivity contribution in [2.45, 2.75) is 32.1 Å². The lowest BCUT2D eigenvalue weighted by molar-refractivity contribution is -0.146. The molecule has 0 aliphatic rings. The lowest BCUT2D eigenvalue weighted by atomic mass is 10.1. The first-order chi connectivity index (χ1) is 6.40. The lowest BCUT2D eigenvalue weighted by Crippen LogP contribution is -2.31. The summed E-state index contributed by atoms with van der Waals surface area (Å²) in [4.78, 5) is 18.9. The third-order valence-corrected chi connectivity index (χ3v) is 1.97. The van der Waals surface area contributed by atoms with Crippen LogP contribution in [0.2, 0.25) is 0 Å². The number of carbonyl (C=O) groups is 1. The van der Waals surface area contributed by atoms with Crippen molar-refractivity contribution in [3.63, 3.8) is 0 Å². The van der Waals surface area contributed by atoms with Crippen LogP contribution in [0.15, 0.2) is 0 Å². The highest BCUT2D eigenvalue weighted by Gasteiger charge is 2.37. The summed E-state index contributed by atoms with van der Waals surface area (Å²) in [5.41, 5.74) is 0. The van der Waals surface area contributed by atoms with Gasteiger partial charge in [-0.05, 0) is 6.42 Å². The van der Waals surface area contributed by atoms with Gasteiger partial charge in [-0.15, -0.1) is 0 Å². The molecular weight excluding hydrogens is 217 g/mol. The smallest absolute Gasteiger partial charge is 0.317 e. The van der Waals surface area contributed by atoms with Gasteiger partial charge in [0.25, 0.3) is 0 Å². The van der Waals surface area contributed by atoms with Gasteiger partial charge in [-0.1, -0.05) is 13.3 Å². The Morgan fingerprint density at radius 3 is 2.57 bits per heavy atom. The number of alkyl halides is 2. The number of hydrogen-bond acceptors (Lipinski definition) is 3. The second-order valence-corrected chi connectivity index (χ2v) is 3.61. The molecule has 0 amide bonds. The van der Waals surface area contributed by atoms with Crippen molar-refractivity contribution in [3.05, 3.63) is 0 Å². The molecule has 0 rings (SSSR count). The molecule has 7 heteroatoms. The summed E-state index contributed by atoms with van der Waals surface area (Å²) in [6, 6.07) is 0. The molecule has 0 aliphatic carbocycles. The van der Waals surface area contributed by atoms with E-state index < -0.39 is 33.0 Å². The Kier molecular flexibility index (Phi) is 6.08. The molecule has 14 heavy (non-hydrogen) atoms. The Labute approximate surface area is 81.2 Å². The Bertz CT molecular complexity index is 220. The van der Waals surface area contributed by atoms with E-state index in [2.05, 4.69) is 4.52 Å². The van der Waals surface area contributed by atoms with Crippen molar-refractivity contribution < 1.29 is 27.6 Å². The molecule has 0 aromatic heterocycles. The molecule has 0 fully saturated rings. The van der Waals surface area contributed by atoms with Crippen LogP contribution in [0.5, 0.6) is 0 Å². The molecular formula is C7H13F2O4P. The van der Waals surface area contributed by atoms with E-state index >= 15 is 0 Å². The third-order valence-electron chi connectivity index (χ3n) is 1.58. The van der Waals surface area contributed by atoms with Crippen molar-refractivity contribution in [3.8, 4) is 0 Å². The highest BCUT2D eigenvalue weighted by molar-refractivity contribution is 7.32. The van der Waals surface area contributed by atoms with E-state index in [0.29, 0.717) is 6.42 Å². The second-order valence-electron chi connectivity index (χ2n) is 2.79. The summed E-state index contributed by atoms with van der Waals surface area (Å²) >= 11 is 0. The first kappa shape index (κ1) is 13.7. The van der Waals surface area contributed by atoms with Crippen molar-refractivity contribution in [1.82, 2.24) is 0 Å². The number of hydrogen-bond donors (Lipinski definition) is 1. The predicted molar refractivity (Wildman–Crippen MR) is 46.7 cm³/mol. The van der Waals surface area contributed by atoms with Gasteiger partial charge in [0.05, 0.1) is 0 Å². The highest BCUT2D eigenvalue weighted by atomic mass is 31.1. The predicted octanol–water partition coefficient (Wildman–Crippen LogP) is 1.78. The Morgan fingerprint density at radius 1 is 1.57 bits per heavy atom. The maximum absolute atomic E-state index is 12.9. The zero-order chi connectivity index (χ0) is 11.2. The molecule has 0 heterocycles. The van der Waals surface area contributed by atoms with E-state index in [1.807, 2.05) is 0 Å². The van der Waals surface area contributed by atoms with Crippen LogP contribution in [0, 0.1) is 0 Å². The van der Waals surface area contributed by atoms with Gasteiger partial charge in [0.15, 0.2) is 0 Å². The summed E-state index contributed by atoms with van der Waals surface area (Å²) in [6.45, 7) is 0.717. The van der Waals surface area contributed by atoms with Gasteiger partial charge in [0.2, 0.25) is 5.78 Å². The van der Waals surface area contributed by atoms with Crippen molar-refractivity contribution in [2.75, 3.05) is 6.61 Å². The maximum Gasteiger partial charge on any atom is 0.317 e. The molecule has 0 radical (unpaired) electrons. The zero-order valence-electron chi connectivity index (χ0n) is 7.76. The van der Waals surface area contributed by atoms with Gasteiger partial charge in [-0.25, -0.2) is 0 Å². The van der Waals surface area contributed by atoms with Crippen molar-refractivity contribution >= 4 is 14.0 Å². The minimum atomic E-state index is -3.45. The fraction of sp³-hybridized carbons (Fsp3) is 0.857. The fourth-order valence-corrected chi connectivity index (χ4v) is 1.03. The number of rotatable bonds is 7. The van der Waals surface area contributed by atoms with Crippen LogP contribution >= 0.6 is 8.25 Å². The third kappa shape index (κ3) is 5.42. The number of carbonyl (C=O) groups excluding carboxylic acids is 1. The standard InChI is InChI=1S/C7H13F2O4P/c1-2-3-4-7(8,9)6(10)5-13-14(11)12/h14H,2-5H2,1H3,(H,11,12). The maximum atomic E-state index is 12.9. The van der Waals surface area contributed by atoms with Crippen molar-refractivity contribution in [1.29, 1.82) is 0 Å². The summed E-state index contributed by atoms with van der Waals surface area (Å²) in [7, 11) is -3.31. The number of halogens is 2. The van der Waals surface area contributed by atoms with Gasteiger partial charge in [0.1, 0.15) is 6.61 Å². The molecule has 0 aliphatic heterocycles. The highest BCUT2D eigenvalue weighted by Crippen LogP contribution is 2.24. The van der Waals surface area contributed by atoms with Gasteiger partial charge in [0, 0.05) is 6.42 Å². The molecule has 0 bridgehead atoms. The second kappa shape index (κ2) is 6.22. The average Bonchev–Trinajstić information content (AvgIpc) is 2.10. The first-order valence-corrected chi connectivity index (χ1v) is 5.43. The monoisotopic (exact) mass is 230 g/mol. The van der Waals surface area contributed by atoms with E-state index in [1.165, 1.54) is 0 Å². The topological polar surface area (TPSA) is 63.6 Å². The quantitative estimate of drug-likeness (QED) is 0.677. The summed E-state index contributed by atoms with van der Waals surface area (Å²) < 4.78 is 39.7. The normalized spacial score (nSPS) is 14.0. The van der Waals surface area contributed by atoms with E-state index in [-0.39, 0.29) is 6.42 Å². The van der Waals surface area contributed by atoms with E-state index in [4.69, 9.17) is 4.89 Å². The SMILES string of the molecule is CCCCC(F)(F)C(=O)CO[PH](=O)O. The van der Waals surface area contributed by atoms with Crippen LogP contribution in [0.4, 0.5) is 8.78 Å². The summed E-state index contributed by atoms with van der Waals surface area (Å²) in [6.07, 6.45) is 0.241. The van der Waals surface area contributed by atoms with E-state index in [9.17, 15) is 18.1 Å². The lowest BCUT2D eigenvalue weighted by Gasteiger charge is -2.13. The molecule has 84 valence electrons. The average molecular weight is 230 g/mol. The summed E-state index contributed by atoms with van der Waals surface area (Å²) in [5, 5.41) is 0. The van der Waals surface area contributed by atoms with Crippen LogP contribution in [-0.2, 0) is 13.9 Å². The van der Waals surface area contributed by atoms with Crippen LogP contribution < -0.4 is 0 Å². The van der Waals surface area contributed by atoms with Crippen LogP contribution in [0.25, 0.3) is 0 Å². The molecule has 1 unspecified atom stereocenters. The first-order valence-electron chi connectivity index (χ1n) is 4.17. The van der Waals surface area contributed by atoms with Gasteiger partial charge < -0.3 is 9.42 Å². The summed E-state index contributed by atoms with van der Waals surface area (Å²) in [5.74, 6) is -4.90. The minimum Gasteiger partial charge on any atom is -0.326 e. The number of Topliss-reactive ketones (excluding diaryl/α,β-unsaturated/α-hetero) is 1. The number of unbranched alkanes of at least 4 members (excludes halogenated alkanes) is 1. The minimum absolute atomic E-state index is 0.229. The molecule has 0 saturated heterocycles. The van der Waals surface area contributed by atoms with E-state index in [1.54, 1.807) is 6.92 Å². The Hall–Kier alpha value is -0.320. The van der Waals surface area contributed by atoms with Crippen LogP contribution in [0.1, 0.15) is 26.2 Å². The molecule has 0 aromatic rings. The van der Waals surface area contributed by atoms with Gasteiger partial charge in [-0.3, -0.25) is 9.36 Å². The molecule has 4 nitrogen and oxygen atoms in total. The molecule has 0 aromatic carbocycles. The molecule has 0 saturated carbocycles. The van der Waals surface area contributed by atoms with E-state index in [0.717, 1.165) is 0 Å². The van der Waals surface area contributed by atoms with Crippen molar-refractivity contribution in [2.24, 2.45) is 0 Å². The zero-order valence-corrected chi connectivity index (χ0v) is 8.76. The largest absolute Gasteiger partial charge is 0.326 e. The van der Waals surface area contributed by atoms with Gasteiger partial charge >= 0.3 is 14.2 Å². The van der Waals surface area contributed by atoms with Crippen LogP contribution in [0.3, 0.4) is 0 Å². The molecule has 0 spiro atoms. The number of ketones is 1. The van der Waals surface area contributed by atoms with Crippen LogP contribution in [-0.4, -0.2) is 23.2 Å². The Morgan fingerprint density at radius 2 is 2.14 bits per heavy atom. The van der Waals surface area contributed by atoms with Gasteiger partial charge in [-0.2, -0.15) is 8.78 Å². The Balaban J connectivity index is 4.00. The molecule has 1 atom stereocenters.